The van der Waals surface area contributed by atoms with Gasteiger partial charge in [-0.1, -0.05) is 17.3 Å². The van der Waals surface area contributed by atoms with Gasteiger partial charge in [0.15, 0.2) is 0 Å². The number of nitrogens with zero attached hydrogens (tertiary/aromatic N) is 4. The summed E-state index contributed by atoms with van der Waals surface area (Å²) >= 11 is 0. The number of rotatable bonds is 7. The summed E-state index contributed by atoms with van der Waals surface area (Å²) in [4.78, 5) is 9.37. The molecule has 1 aliphatic rings. The normalized spacial score (nSPS) is 15.1. The lowest BCUT2D eigenvalue weighted by molar-refractivity contribution is 0.282. The molecule has 0 amide bonds. The van der Waals surface area contributed by atoms with Crippen LogP contribution in [0.3, 0.4) is 0 Å². The van der Waals surface area contributed by atoms with Gasteiger partial charge in [-0.25, -0.2) is 4.39 Å². The summed E-state index contributed by atoms with van der Waals surface area (Å²) < 4.78 is 24.4. The van der Waals surface area contributed by atoms with Crippen LogP contribution in [-0.2, 0) is 6.42 Å². The molecule has 1 aromatic heterocycles. The lowest BCUT2D eigenvalue weighted by Crippen LogP contribution is -2.31. The predicted molar refractivity (Wildman–Crippen MR) is 119 cm³/mol. The van der Waals surface area contributed by atoms with E-state index < -0.39 is 0 Å². The largest absolute Gasteiger partial charge is 0.497 e. The third-order valence-corrected chi connectivity index (χ3v) is 5.79. The Balaban J connectivity index is 1.25. The average Bonchev–Trinajstić information content (AvgIpc) is 3.13. The Labute approximate surface area is 182 Å². The van der Waals surface area contributed by atoms with Crippen LogP contribution in [0.5, 0.6) is 5.75 Å². The van der Waals surface area contributed by atoms with Gasteiger partial charge in [0, 0.05) is 37.3 Å². The van der Waals surface area contributed by atoms with Crippen molar-refractivity contribution in [3.05, 3.63) is 59.7 Å². The van der Waals surface area contributed by atoms with Gasteiger partial charge in [0.25, 0.3) is 0 Å². The molecule has 2 aromatic carbocycles. The van der Waals surface area contributed by atoms with E-state index in [-0.39, 0.29) is 5.82 Å². The number of methoxy groups -OCH3 is 1. The maximum atomic E-state index is 13.8. The van der Waals surface area contributed by atoms with Crippen molar-refractivity contribution < 1.29 is 13.7 Å². The Hall–Kier alpha value is -2.93. The number of ether oxygens (including phenoxy) is 1. The highest BCUT2D eigenvalue weighted by molar-refractivity contribution is 5.55. The van der Waals surface area contributed by atoms with E-state index in [0.29, 0.717) is 22.8 Å². The van der Waals surface area contributed by atoms with E-state index in [1.807, 2.05) is 18.2 Å². The number of hydrogen-bond acceptors (Lipinski definition) is 6. The van der Waals surface area contributed by atoms with Crippen molar-refractivity contribution in [3.63, 3.8) is 0 Å². The maximum Gasteiger partial charge on any atom is 0.227 e. The molecule has 0 bridgehead atoms. The molecule has 1 aliphatic heterocycles. The molecule has 164 valence electrons. The Morgan fingerprint density at radius 2 is 1.90 bits per heavy atom. The van der Waals surface area contributed by atoms with Gasteiger partial charge in [0.1, 0.15) is 11.6 Å². The van der Waals surface area contributed by atoms with Crippen molar-refractivity contribution in [3.8, 4) is 17.1 Å². The standard InChI is InChI=1S/C24H29FN4O2/c1-18-6-7-19(17-22(18)25)24-26-23(31-27-24)5-3-12-28-13-4-14-29(16-15-28)20-8-10-21(30-2)11-9-20/h6-11,17H,3-5,12-16H2,1-2H3. The molecule has 2 heterocycles. The lowest BCUT2D eigenvalue weighted by Gasteiger charge is -2.23. The number of halogens is 1. The molecule has 0 atom stereocenters. The minimum absolute atomic E-state index is 0.256. The monoisotopic (exact) mass is 424 g/mol. The van der Waals surface area contributed by atoms with Crippen molar-refractivity contribution in [2.45, 2.75) is 26.2 Å². The third kappa shape index (κ3) is 5.41. The first-order valence-corrected chi connectivity index (χ1v) is 10.8. The summed E-state index contributed by atoms with van der Waals surface area (Å²) in [5.74, 6) is 1.68. The molecule has 0 N–H and O–H groups in total. The van der Waals surface area contributed by atoms with Crippen LogP contribution >= 0.6 is 0 Å². The van der Waals surface area contributed by atoms with Crippen molar-refractivity contribution in [1.82, 2.24) is 15.0 Å². The summed E-state index contributed by atoms with van der Waals surface area (Å²) in [6, 6.07) is 13.3. The van der Waals surface area contributed by atoms with E-state index in [9.17, 15) is 4.39 Å². The molecule has 6 nitrogen and oxygen atoms in total. The molecule has 1 fully saturated rings. The van der Waals surface area contributed by atoms with E-state index in [4.69, 9.17) is 9.26 Å². The zero-order valence-electron chi connectivity index (χ0n) is 18.2. The SMILES string of the molecule is COc1ccc(N2CCCN(CCCc3nc(-c4ccc(C)c(F)c4)no3)CC2)cc1. The predicted octanol–water partition coefficient (Wildman–Crippen LogP) is 4.34. The molecular formula is C24H29FN4O2. The fourth-order valence-corrected chi connectivity index (χ4v) is 3.91. The van der Waals surface area contributed by atoms with E-state index in [0.717, 1.165) is 57.7 Å². The molecule has 0 unspecified atom stereocenters. The van der Waals surface area contributed by atoms with Gasteiger partial charge in [0.05, 0.1) is 7.11 Å². The van der Waals surface area contributed by atoms with Gasteiger partial charge in [-0.05, 0) is 68.8 Å². The van der Waals surface area contributed by atoms with E-state index in [1.54, 1.807) is 20.1 Å². The fraction of sp³-hybridized carbons (Fsp3) is 0.417. The zero-order chi connectivity index (χ0) is 21.6. The minimum Gasteiger partial charge on any atom is -0.497 e. The summed E-state index contributed by atoms with van der Waals surface area (Å²) in [6.45, 7) is 6.92. The zero-order valence-corrected chi connectivity index (χ0v) is 18.2. The van der Waals surface area contributed by atoms with Crippen molar-refractivity contribution in [2.75, 3.05) is 44.7 Å². The van der Waals surface area contributed by atoms with Gasteiger partial charge >= 0.3 is 0 Å². The van der Waals surface area contributed by atoms with Crippen molar-refractivity contribution in [1.29, 1.82) is 0 Å². The Kier molecular flexibility index (Phi) is 6.82. The van der Waals surface area contributed by atoms with E-state index >= 15 is 0 Å². The topological polar surface area (TPSA) is 54.6 Å². The van der Waals surface area contributed by atoms with Gasteiger partial charge in [-0.2, -0.15) is 4.98 Å². The molecule has 0 aliphatic carbocycles. The molecule has 1 saturated heterocycles. The second-order valence-electron chi connectivity index (χ2n) is 7.96. The summed E-state index contributed by atoms with van der Waals surface area (Å²) in [5, 5.41) is 4.01. The number of benzene rings is 2. The Bertz CT molecular complexity index is 989. The van der Waals surface area contributed by atoms with Crippen molar-refractivity contribution >= 4 is 5.69 Å². The molecule has 4 rings (SSSR count). The van der Waals surface area contributed by atoms with Crippen LogP contribution in [0.15, 0.2) is 47.0 Å². The van der Waals surface area contributed by atoms with Crippen LogP contribution in [0.4, 0.5) is 10.1 Å². The molecule has 0 saturated carbocycles. The highest BCUT2D eigenvalue weighted by Gasteiger charge is 2.16. The second-order valence-corrected chi connectivity index (χ2v) is 7.96. The smallest absolute Gasteiger partial charge is 0.227 e. The maximum absolute atomic E-state index is 13.8. The van der Waals surface area contributed by atoms with Crippen LogP contribution in [-0.4, -0.2) is 54.9 Å². The molecule has 0 radical (unpaired) electrons. The first kappa shape index (κ1) is 21.3. The minimum atomic E-state index is -0.256. The molecule has 3 aromatic rings. The summed E-state index contributed by atoms with van der Waals surface area (Å²) in [6.07, 6.45) is 2.81. The average molecular weight is 425 g/mol. The quantitative estimate of drug-likeness (QED) is 0.563. The van der Waals surface area contributed by atoms with Crippen LogP contribution in [0, 0.1) is 12.7 Å². The van der Waals surface area contributed by atoms with Crippen LogP contribution in [0.25, 0.3) is 11.4 Å². The first-order valence-electron chi connectivity index (χ1n) is 10.8. The fourth-order valence-electron chi connectivity index (χ4n) is 3.91. The highest BCUT2D eigenvalue weighted by Crippen LogP contribution is 2.21. The van der Waals surface area contributed by atoms with Crippen LogP contribution < -0.4 is 9.64 Å². The van der Waals surface area contributed by atoms with Gasteiger partial charge in [0.2, 0.25) is 11.7 Å². The highest BCUT2D eigenvalue weighted by atomic mass is 19.1. The van der Waals surface area contributed by atoms with Crippen LogP contribution in [0.2, 0.25) is 0 Å². The third-order valence-electron chi connectivity index (χ3n) is 5.79. The molecular weight excluding hydrogens is 395 g/mol. The lowest BCUT2D eigenvalue weighted by atomic mass is 10.1. The number of hydrogen-bond donors (Lipinski definition) is 0. The number of aromatic nitrogens is 2. The van der Waals surface area contributed by atoms with E-state index in [2.05, 4.69) is 32.1 Å². The first-order chi connectivity index (χ1) is 15.1. The second kappa shape index (κ2) is 9.92. The number of anilines is 1. The van der Waals surface area contributed by atoms with Gasteiger partial charge in [-0.3, -0.25) is 0 Å². The summed E-state index contributed by atoms with van der Waals surface area (Å²) in [5.41, 5.74) is 2.49. The van der Waals surface area contributed by atoms with Gasteiger partial charge in [-0.15, -0.1) is 0 Å². The van der Waals surface area contributed by atoms with Crippen molar-refractivity contribution in [2.24, 2.45) is 0 Å². The van der Waals surface area contributed by atoms with Crippen LogP contribution in [0.1, 0.15) is 24.3 Å². The Morgan fingerprint density at radius 3 is 2.68 bits per heavy atom. The molecule has 0 spiro atoms. The molecule has 31 heavy (non-hydrogen) atoms. The summed E-state index contributed by atoms with van der Waals surface area (Å²) in [7, 11) is 1.69. The Morgan fingerprint density at radius 1 is 1.06 bits per heavy atom. The van der Waals surface area contributed by atoms with E-state index in [1.165, 1.54) is 11.8 Å². The molecule has 7 heteroatoms. The number of aryl methyl sites for hydroxylation is 2. The van der Waals surface area contributed by atoms with Gasteiger partial charge < -0.3 is 19.1 Å².